The van der Waals surface area contributed by atoms with Crippen molar-refractivity contribution in [2.75, 3.05) is 17.8 Å². The predicted octanol–water partition coefficient (Wildman–Crippen LogP) is 4.49. The first kappa shape index (κ1) is 18.1. The average molecular weight is 312 g/mol. The van der Waals surface area contributed by atoms with Gasteiger partial charge in [-0.15, -0.1) is 11.6 Å². The van der Waals surface area contributed by atoms with Gasteiger partial charge < -0.3 is 4.74 Å². The zero-order valence-electron chi connectivity index (χ0n) is 10.9. The summed E-state index contributed by atoms with van der Waals surface area (Å²) in [5.74, 6) is 5.36. The van der Waals surface area contributed by atoms with E-state index in [4.69, 9.17) is 27.9 Å². The Bertz CT molecular complexity index is 498. The third-order valence-electron chi connectivity index (χ3n) is 1.70. The van der Waals surface area contributed by atoms with Crippen molar-refractivity contribution in [1.29, 1.82) is 0 Å². The normalized spacial score (nSPS) is 8.10. The Balaban J connectivity index is 0.000000796. The van der Waals surface area contributed by atoms with Gasteiger partial charge in [-0.3, -0.25) is 5.32 Å². The second-order valence-electron chi connectivity index (χ2n) is 3.17. The van der Waals surface area contributed by atoms with E-state index in [-0.39, 0.29) is 12.5 Å². The van der Waals surface area contributed by atoms with Gasteiger partial charge in [0, 0.05) is 10.7 Å². The Morgan fingerprint density at radius 1 is 1.35 bits per heavy atom. The molecular weight excluding hydrogens is 297 g/mol. The number of nitrogens with one attached hydrogen (secondary N) is 1. The minimum Gasteiger partial charge on any atom is -0.436 e. The molecule has 0 atom stereocenters. The molecule has 0 fully saturated rings. The highest BCUT2D eigenvalue weighted by atomic mass is 35.5. The number of ether oxygens (including phenoxy) is 1. The largest absolute Gasteiger partial charge is 0.436 e. The molecule has 0 aliphatic carbocycles. The smallest absolute Gasteiger partial charge is 0.412 e. The summed E-state index contributed by atoms with van der Waals surface area (Å²) < 4.78 is 4.76. The lowest BCUT2D eigenvalue weighted by Gasteiger charge is -2.04. The van der Waals surface area contributed by atoms with Crippen molar-refractivity contribution in [3.05, 3.63) is 54.6 Å². The first-order chi connectivity index (χ1) is 9.63. The van der Waals surface area contributed by atoms with Crippen LogP contribution in [0.5, 0.6) is 0 Å². The quantitative estimate of drug-likeness (QED) is 0.507. The van der Waals surface area contributed by atoms with E-state index < -0.39 is 6.09 Å². The highest BCUT2D eigenvalue weighted by Gasteiger charge is 2.01. The fraction of sp³-hybridized carbons (Fsp3) is 0.133. The molecule has 0 aliphatic rings. The van der Waals surface area contributed by atoms with Gasteiger partial charge in [-0.2, -0.15) is 0 Å². The van der Waals surface area contributed by atoms with Crippen LogP contribution in [0.1, 0.15) is 0 Å². The summed E-state index contributed by atoms with van der Waals surface area (Å²) in [4.78, 5) is 11.2. The van der Waals surface area contributed by atoms with Crippen molar-refractivity contribution in [1.82, 2.24) is 0 Å². The van der Waals surface area contributed by atoms with Gasteiger partial charge in [-0.05, 0) is 18.2 Å². The lowest BCUT2D eigenvalue weighted by molar-refractivity contribution is 0.176. The van der Waals surface area contributed by atoms with Crippen molar-refractivity contribution in [3.8, 4) is 11.8 Å². The summed E-state index contributed by atoms with van der Waals surface area (Å²) in [6, 6.07) is 6.76. The van der Waals surface area contributed by atoms with Gasteiger partial charge in [-0.1, -0.05) is 54.8 Å². The first-order valence-electron chi connectivity index (χ1n) is 5.58. The summed E-state index contributed by atoms with van der Waals surface area (Å²) in [6.07, 6.45) is 2.70. The lowest BCUT2D eigenvalue weighted by atomic mass is 10.3. The van der Waals surface area contributed by atoms with Crippen LogP contribution in [-0.4, -0.2) is 18.6 Å². The number of carbonyl (C=O) groups excluding carboxylic acids is 1. The molecular formula is C15H15Cl2NO2. The minimum atomic E-state index is -0.578. The van der Waals surface area contributed by atoms with Crippen molar-refractivity contribution < 1.29 is 9.53 Å². The van der Waals surface area contributed by atoms with E-state index in [2.05, 4.69) is 30.3 Å². The number of hydrogen-bond acceptors (Lipinski definition) is 2. The molecule has 0 spiro atoms. The maximum absolute atomic E-state index is 11.2. The van der Waals surface area contributed by atoms with Crippen molar-refractivity contribution in [3.63, 3.8) is 0 Å². The van der Waals surface area contributed by atoms with Crippen LogP contribution in [0.15, 0.2) is 49.6 Å². The Hall–Kier alpha value is -1.89. The molecule has 0 heterocycles. The van der Waals surface area contributed by atoms with Crippen LogP contribution < -0.4 is 5.32 Å². The van der Waals surface area contributed by atoms with Crippen LogP contribution in [-0.2, 0) is 4.74 Å². The van der Waals surface area contributed by atoms with E-state index in [1.807, 2.05) is 0 Å². The molecule has 20 heavy (non-hydrogen) atoms. The predicted molar refractivity (Wildman–Crippen MR) is 85.3 cm³/mol. The van der Waals surface area contributed by atoms with Crippen LogP contribution in [0.25, 0.3) is 0 Å². The lowest BCUT2D eigenvalue weighted by Crippen LogP contribution is -2.13. The molecule has 1 rings (SSSR count). The Morgan fingerprint density at radius 3 is 2.60 bits per heavy atom. The summed E-state index contributed by atoms with van der Waals surface area (Å²) in [5.41, 5.74) is 0.572. The number of allylic oxidation sites excluding steroid dienone is 2. The highest BCUT2D eigenvalue weighted by Crippen LogP contribution is 2.14. The van der Waals surface area contributed by atoms with Crippen LogP contribution in [0.3, 0.4) is 0 Å². The van der Waals surface area contributed by atoms with Crippen LogP contribution >= 0.6 is 23.2 Å². The molecule has 1 aromatic carbocycles. The molecule has 106 valence electrons. The van der Waals surface area contributed by atoms with E-state index in [1.165, 1.54) is 0 Å². The third kappa shape index (κ3) is 10.1. The molecule has 0 aliphatic heterocycles. The van der Waals surface area contributed by atoms with E-state index in [9.17, 15) is 4.79 Å². The monoisotopic (exact) mass is 311 g/mol. The summed E-state index contributed by atoms with van der Waals surface area (Å²) >= 11 is 11.1. The van der Waals surface area contributed by atoms with Gasteiger partial charge in [0.2, 0.25) is 0 Å². The molecule has 1 aromatic rings. The summed E-state index contributed by atoms with van der Waals surface area (Å²) in [7, 11) is 0. The second kappa shape index (κ2) is 12.2. The van der Waals surface area contributed by atoms with Crippen molar-refractivity contribution in [2.45, 2.75) is 0 Å². The van der Waals surface area contributed by atoms with Crippen molar-refractivity contribution in [2.24, 2.45) is 0 Å². The molecule has 0 saturated heterocycles. The van der Waals surface area contributed by atoms with E-state index in [0.29, 0.717) is 10.7 Å². The minimum absolute atomic E-state index is 0.0130. The van der Waals surface area contributed by atoms with Gasteiger partial charge >= 0.3 is 6.09 Å². The number of hydrogen-bond donors (Lipinski definition) is 1. The molecule has 0 unspecified atom stereocenters. The maximum atomic E-state index is 11.2. The van der Waals surface area contributed by atoms with Gasteiger partial charge in [0.1, 0.15) is 0 Å². The molecule has 0 radical (unpaired) electrons. The summed E-state index contributed by atoms with van der Waals surface area (Å²) in [5, 5.41) is 3.05. The number of anilines is 1. The maximum Gasteiger partial charge on any atom is 0.412 e. The van der Waals surface area contributed by atoms with E-state index in [1.54, 1.807) is 36.4 Å². The van der Waals surface area contributed by atoms with Crippen molar-refractivity contribution >= 4 is 35.0 Å². The third-order valence-corrected chi connectivity index (χ3v) is 2.07. The van der Waals surface area contributed by atoms with Crippen LogP contribution in [0.2, 0.25) is 5.02 Å². The van der Waals surface area contributed by atoms with E-state index >= 15 is 0 Å². The van der Waals surface area contributed by atoms with Gasteiger partial charge in [-0.25, -0.2) is 4.79 Å². The number of carbonyl (C=O) groups is 1. The Labute approximate surface area is 129 Å². The molecule has 5 heteroatoms. The fourth-order valence-electron chi connectivity index (χ4n) is 0.920. The fourth-order valence-corrected chi connectivity index (χ4v) is 1.20. The molecule has 1 N–H and O–H groups in total. The SMILES string of the molecule is C=CC=C.O=C(Nc1cccc(Cl)c1)OCC#CCCl. The Kier molecular flexibility index (Phi) is 11.0. The number of halogens is 2. The highest BCUT2D eigenvalue weighted by molar-refractivity contribution is 6.30. The van der Waals surface area contributed by atoms with Gasteiger partial charge in [0.05, 0.1) is 5.88 Å². The molecule has 0 saturated carbocycles. The standard InChI is InChI=1S/C11H9Cl2NO2.C4H6/c12-6-1-2-7-16-11(15)14-10-5-3-4-9(13)8-10;1-3-4-2/h3-5,8H,6-7H2,(H,14,15);3-4H,1-2H2. The molecule has 0 aromatic heterocycles. The summed E-state index contributed by atoms with van der Waals surface area (Å²) in [6.45, 7) is 6.74. The van der Waals surface area contributed by atoms with E-state index in [0.717, 1.165) is 0 Å². The second-order valence-corrected chi connectivity index (χ2v) is 3.87. The number of rotatable bonds is 3. The molecule has 1 amide bonds. The van der Waals surface area contributed by atoms with Crippen LogP contribution in [0.4, 0.5) is 10.5 Å². The topological polar surface area (TPSA) is 38.3 Å². The zero-order chi connectivity index (χ0) is 15.2. The number of amides is 1. The molecule has 3 nitrogen and oxygen atoms in total. The first-order valence-corrected chi connectivity index (χ1v) is 6.49. The zero-order valence-corrected chi connectivity index (χ0v) is 12.4. The number of benzene rings is 1. The average Bonchev–Trinajstić information content (AvgIpc) is 2.44. The number of alkyl halides is 1. The van der Waals surface area contributed by atoms with Gasteiger partial charge in [0.15, 0.2) is 6.61 Å². The van der Waals surface area contributed by atoms with Crippen LogP contribution in [0, 0.1) is 11.8 Å². The Morgan fingerprint density at radius 2 is 2.05 bits per heavy atom. The van der Waals surface area contributed by atoms with Gasteiger partial charge in [0.25, 0.3) is 0 Å². The molecule has 0 bridgehead atoms.